The Morgan fingerprint density at radius 1 is 1.21 bits per heavy atom. The average molecular weight is 331 g/mol. The van der Waals surface area contributed by atoms with Crippen LogP contribution in [0, 0.1) is 5.82 Å². The van der Waals surface area contributed by atoms with E-state index < -0.39 is 11.8 Å². The fourth-order valence-electron chi connectivity index (χ4n) is 2.21. The van der Waals surface area contributed by atoms with Gasteiger partial charge in [-0.25, -0.2) is 9.18 Å². The van der Waals surface area contributed by atoms with Crippen molar-refractivity contribution in [1.29, 1.82) is 0 Å². The summed E-state index contributed by atoms with van der Waals surface area (Å²) in [5.74, 6) is -0.542. The molecule has 2 rings (SSSR count). The average Bonchev–Trinajstić information content (AvgIpc) is 2.54. The molecular formula is C17H18FN3O3. The van der Waals surface area contributed by atoms with Gasteiger partial charge in [-0.2, -0.15) is 0 Å². The number of methoxy groups -OCH3 is 1. The van der Waals surface area contributed by atoms with E-state index in [0.29, 0.717) is 16.8 Å². The molecule has 0 aliphatic carbocycles. The van der Waals surface area contributed by atoms with E-state index in [1.165, 1.54) is 24.1 Å². The van der Waals surface area contributed by atoms with Gasteiger partial charge in [0.2, 0.25) is 0 Å². The molecular weight excluding hydrogens is 313 g/mol. The van der Waals surface area contributed by atoms with Crippen molar-refractivity contribution in [2.75, 3.05) is 19.5 Å². The van der Waals surface area contributed by atoms with Crippen LogP contribution in [0.15, 0.2) is 42.5 Å². The number of rotatable bonds is 5. The first-order chi connectivity index (χ1) is 11.4. The summed E-state index contributed by atoms with van der Waals surface area (Å²) in [5, 5.41) is 2.42. The van der Waals surface area contributed by atoms with Gasteiger partial charge in [0.25, 0.3) is 5.91 Å². The first-order valence-corrected chi connectivity index (χ1v) is 7.15. The van der Waals surface area contributed by atoms with Crippen LogP contribution in [0.2, 0.25) is 0 Å². The van der Waals surface area contributed by atoms with E-state index in [1.807, 2.05) is 0 Å². The molecule has 0 spiro atoms. The van der Waals surface area contributed by atoms with Crippen molar-refractivity contribution in [2.45, 2.75) is 6.54 Å². The van der Waals surface area contributed by atoms with Gasteiger partial charge < -0.3 is 20.7 Å². The number of amides is 3. The smallest absolute Gasteiger partial charge is 0.316 e. The molecule has 0 unspecified atom stereocenters. The van der Waals surface area contributed by atoms with Crippen molar-refractivity contribution in [3.05, 3.63) is 59.4 Å². The topological polar surface area (TPSA) is 84.7 Å². The Balaban J connectivity index is 2.06. The Morgan fingerprint density at radius 3 is 2.42 bits per heavy atom. The zero-order chi connectivity index (χ0) is 17.7. The Morgan fingerprint density at radius 2 is 1.88 bits per heavy atom. The Labute approximate surface area is 139 Å². The van der Waals surface area contributed by atoms with Crippen LogP contribution in [0.5, 0.6) is 5.75 Å². The number of benzene rings is 2. The maximum Gasteiger partial charge on any atom is 0.316 e. The van der Waals surface area contributed by atoms with Crippen LogP contribution in [-0.2, 0) is 6.54 Å². The van der Waals surface area contributed by atoms with Crippen molar-refractivity contribution >= 4 is 17.6 Å². The molecule has 0 aliphatic rings. The first-order valence-electron chi connectivity index (χ1n) is 7.15. The Hall–Kier alpha value is -3.09. The van der Waals surface area contributed by atoms with E-state index in [1.54, 1.807) is 37.4 Å². The Bertz CT molecular complexity index is 747. The minimum atomic E-state index is -0.673. The predicted molar refractivity (Wildman–Crippen MR) is 88.4 cm³/mol. The third-order valence-electron chi connectivity index (χ3n) is 3.38. The van der Waals surface area contributed by atoms with Gasteiger partial charge in [0.05, 0.1) is 7.11 Å². The maximum atomic E-state index is 13.7. The largest absolute Gasteiger partial charge is 0.494 e. The second-order valence-electron chi connectivity index (χ2n) is 5.20. The molecule has 0 aliphatic heterocycles. The SMILES string of the molecule is COc1ccc(CN(C)C(=O)c2ccc(NC(N)=O)cc2)cc1F. The van der Waals surface area contributed by atoms with Crippen LogP contribution in [0.1, 0.15) is 15.9 Å². The highest BCUT2D eigenvalue weighted by Crippen LogP contribution is 2.19. The number of nitrogens with two attached hydrogens (primary N) is 1. The van der Waals surface area contributed by atoms with Crippen LogP contribution in [-0.4, -0.2) is 31.0 Å². The van der Waals surface area contributed by atoms with Crippen LogP contribution in [0.4, 0.5) is 14.9 Å². The third-order valence-corrected chi connectivity index (χ3v) is 3.38. The van der Waals surface area contributed by atoms with Gasteiger partial charge in [-0.1, -0.05) is 6.07 Å². The molecule has 6 nitrogen and oxygen atoms in total. The lowest BCUT2D eigenvalue weighted by atomic mass is 10.1. The minimum Gasteiger partial charge on any atom is -0.494 e. The van der Waals surface area contributed by atoms with Gasteiger partial charge in [-0.05, 0) is 42.0 Å². The molecule has 0 saturated carbocycles. The molecule has 2 aromatic carbocycles. The van der Waals surface area contributed by atoms with Crippen LogP contribution < -0.4 is 15.8 Å². The molecule has 3 amide bonds. The number of urea groups is 1. The number of hydrogen-bond acceptors (Lipinski definition) is 3. The van der Waals surface area contributed by atoms with Crippen molar-refractivity contribution in [2.24, 2.45) is 5.73 Å². The molecule has 3 N–H and O–H groups in total. The summed E-state index contributed by atoms with van der Waals surface area (Å²) < 4.78 is 18.6. The zero-order valence-electron chi connectivity index (χ0n) is 13.4. The molecule has 0 radical (unpaired) electrons. The second kappa shape index (κ2) is 7.45. The summed E-state index contributed by atoms with van der Waals surface area (Å²) in [7, 11) is 3.02. The number of nitrogens with zero attached hydrogens (tertiary/aromatic N) is 1. The molecule has 0 atom stereocenters. The van der Waals surface area contributed by atoms with E-state index in [9.17, 15) is 14.0 Å². The quantitative estimate of drug-likeness (QED) is 0.883. The standard InChI is InChI=1S/C17H18FN3O3/c1-21(10-11-3-8-15(24-2)14(18)9-11)16(22)12-4-6-13(7-5-12)20-17(19)23/h3-9H,10H2,1-2H3,(H3,19,20,23). The number of ether oxygens (including phenoxy) is 1. The molecule has 2 aromatic rings. The number of nitrogens with one attached hydrogen (secondary N) is 1. The highest BCUT2D eigenvalue weighted by atomic mass is 19.1. The summed E-state index contributed by atoms with van der Waals surface area (Å²) in [4.78, 5) is 24.6. The van der Waals surface area contributed by atoms with Crippen LogP contribution in [0.25, 0.3) is 0 Å². The maximum absolute atomic E-state index is 13.7. The first kappa shape index (κ1) is 17.3. The predicted octanol–water partition coefficient (Wildman–Crippen LogP) is 2.60. The van der Waals surface area contributed by atoms with Crippen LogP contribution in [0.3, 0.4) is 0 Å². The molecule has 126 valence electrons. The summed E-state index contributed by atoms with van der Waals surface area (Å²) >= 11 is 0. The molecule has 0 aromatic heterocycles. The number of halogens is 1. The molecule has 0 heterocycles. The molecule has 24 heavy (non-hydrogen) atoms. The fourth-order valence-corrected chi connectivity index (χ4v) is 2.21. The van der Waals surface area contributed by atoms with Gasteiger partial charge in [0.1, 0.15) is 0 Å². The van der Waals surface area contributed by atoms with Crippen molar-refractivity contribution in [1.82, 2.24) is 4.90 Å². The third kappa shape index (κ3) is 4.22. The van der Waals surface area contributed by atoms with Crippen molar-refractivity contribution in [3.63, 3.8) is 0 Å². The number of carbonyl (C=O) groups is 2. The Kier molecular flexibility index (Phi) is 5.36. The van der Waals surface area contributed by atoms with Crippen molar-refractivity contribution in [3.8, 4) is 5.75 Å². The van der Waals surface area contributed by atoms with E-state index >= 15 is 0 Å². The normalized spacial score (nSPS) is 10.1. The summed E-state index contributed by atoms with van der Waals surface area (Å²) in [6.07, 6.45) is 0. The molecule has 0 fully saturated rings. The molecule has 7 heteroatoms. The lowest BCUT2D eigenvalue weighted by molar-refractivity contribution is 0.0785. The van der Waals surface area contributed by atoms with E-state index in [-0.39, 0.29) is 18.2 Å². The monoisotopic (exact) mass is 331 g/mol. The number of hydrogen-bond donors (Lipinski definition) is 2. The molecule has 0 bridgehead atoms. The van der Waals surface area contributed by atoms with Crippen molar-refractivity contribution < 1.29 is 18.7 Å². The lowest BCUT2D eigenvalue weighted by Gasteiger charge is -2.18. The molecule has 0 saturated heterocycles. The van der Waals surface area contributed by atoms with Crippen LogP contribution >= 0.6 is 0 Å². The van der Waals surface area contributed by atoms with E-state index in [4.69, 9.17) is 10.5 Å². The number of primary amides is 1. The van der Waals surface area contributed by atoms with E-state index in [2.05, 4.69) is 5.32 Å². The van der Waals surface area contributed by atoms with Gasteiger partial charge in [0.15, 0.2) is 11.6 Å². The number of carbonyl (C=O) groups excluding carboxylic acids is 2. The lowest BCUT2D eigenvalue weighted by Crippen LogP contribution is -2.26. The summed E-state index contributed by atoms with van der Waals surface area (Å²) in [6.45, 7) is 0.251. The second-order valence-corrected chi connectivity index (χ2v) is 5.20. The van der Waals surface area contributed by atoms with Gasteiger partial charge in [0, 0.05) is 24.8 Å². The summed E-state index contributed by atoms with van der Waals surface area (Å²) in [6, 6.07) is 10.2. The van der Waals surface area contributed by atoms with Gasteiger partial charge >= 0.3 is 6.03 Å². The van der Waals surface area contributed by atoms with E-state index in [0.717, 1.165) is 0 Å². The van der Waals surface area contributed by atoms with Gasteiger partial charge in [-0.3, -0.25) is 4.79 Å². The summed E-state index contributed by atoms with van der Waals surface area (Å²) in [5.41, 5.74) is 6.62. The highest BCUT2D eigenvalue weighted by molar-refractivity contribution is 5.95. The minimum absolute atomic E-state index is 0.158. The van der Waals surface area contributed by atoms with Gasteiger partial charge in [-0.15, -0.1) is 0 Å². The highest BCUT2D eigenvalue weighted by Gasteiger charge is 2.13. The zero-order valence-corrected chi connectivity index (χ0v) is 13.4. The fraction of sp³-hybridized carbons (Fsp3) is 0.176. The number of anilines is 1.